The van der Waals surface area contributed by atoms with Crippen LogP contribution in [0.4, 0.5) is 4.39 Å². The average molecular weight is 686 g/mol. The Kier molecular flexibility index (Phi) is 13.4. The number of nitrogens with zero attached hydrogens (tertiary/aromatic N) is 1. The normalized spacial score (nSPS) is 20.3. The Bertz CT molecular complexity index is 1550. The molecule has 1 aliphatic heterocycles. The third-order valence-corrected chi connectivity index (χ3v) is 8.27. The summed E-state index contributed by atoms with van der Waals surface area (Å²) >= 11 is 0. The molecule has 0 radical (unpaired) electrons. The molecule has 2 heterocycles. The van der Waals surface area contributed by atoms with Crippen LogP contribution in [0.15, 0.2) is 46.1 Å². The summed E-state index contributed by atoms with van der Waals surface area (Å²) in [4.78, 5) is 63.8. The van der Waals surface area contributed by atoms with Crippen LogP contribution in [0.1, 0.15) is 53.7 Å². The Hall–Kier alpha value is -3.89. The van der Waals surface area contributed by atoms with Crippen molar-refractivity contribution in [3.05, 3.63) is 63.2 Å². The number of ether oxygens (including phenoxy) is 3. The topological polar surface area (TPSA) is 219 Å². The highest BCUT2D eigenvalue weighted by Gasteiger charge is 2.43. The van der Waals surface area contributed by atoms with E-state index in [0.717, 1.165) is 4.57 Å². The molecule has 0 bridgehead atoms. The SMILES string of the molecule is CC(C)C[C@H](NC(=O)CN)C(=O)O[C@H]1C[C@H](n2cc(F)c(=O)[nH]c2=O)O[C@@H]1CO[P@@](=O)(N[C@@H](C)C(=O)OC(C)C)Oc1ccccc1. The number of nitrogens with two attached hydrogens (primary N) is 1. The maximum absolute atomic E-state index is 14.2. The number of halogens is 1. The van der Waals surface area contributed by atoms with Gasteiger partial charge in [-0.1, -0.05) is 32.0 Å². The van der Waals surface area contributed by atoms with Crippen molar-refractivity contribution >= 4 is 25.6 Å². The van der Waals surface area contributed by atoms with Gasteiger partial charge in [0.2, 0.25) is 11.7 Å². The molecule has 18 heteroatoms. The van der Waals surface area contributed by atoms with Gasteiger partial charge in [-0.25, -0.2) is 14.2 Å². The summed E-state index contributed by atoms with van der Waals surface area (Å²) in [5.74, 6) is -3.38. The van der Waals surface area contributed by atoms with Crippen LogP contribution in [-0.2, 0) is 37.7 Å². The van der Waals surface area contributed by atoms with Gasteiger partial charge in [-0.05, 0) is 45.2 Å². The van der Waals surface area contributed by atoms with Gasteiger partial charge in [-0.2, -0.15) is 9.48 Å². The van der Waals surface area contributed by atoms with Crippen molar-refractivity contribution in [2.24, 2.45) is 11.7 Å². The summed E-state index contributed by atoms with van der Waals surface area (Å²) < 4.78 is 57.1. The number of benzene rings is 1. The molecule has 1 saturated heterocycles. The fourth-order valence-corrected chi connectivity index (χ4v) is 6.00. The van der Waals surface area contributed by atoms with E-state index in [1.54, 1.807) is 32.0 Å². The third kappa shape index (κ3) is 11.1. The molecule has 0 saturated carbocycles. The Balaban J connectivity index is 1.91. The first-order chi connectivity index (χ1) is 22.1. The van der Waals surface area contributed by atoms with Gasteiger partial charge in [0.05, 0.1) is 25.5 Å². The number of nitrogens with one attached hydrogen (secondary N) is 3. The van der Waals surface area contributed by atoms with Crippen LogP contribution in [-0.4, -0.2) is 70.9 Å². The van der Waals surface area contributed by atoms with E-state index in [1.165, 1.54) is 19.1 Å². The molecule has 16 nitrogen and oxygen atoms in total. The van der Waals surface area contributed by atoms with Crippen molar-refractivity contribution in [1.82, 2.24) is 20.0 Å². The predicted octanol–water partition coefficient (Wildman–Crippen LogP) is 1.50. The molecule has 1 amide bonds. The van der Waals surface area contributed by atoms with E-state index in [0.29, 0.717) is 6.20 Å². The van der Waals surface area contributed by atoms with E-state index in [4.69, 9.17) is 29.0 Å². The van der Waals surface area contributed by atoms with Crippen molar-refractivity contribution in [2.75, 3.05) is 13.2 Å². The Morgan fingerprint density at radius 2 is 1.81 bits per heavy atom. The number of hydrogen-bond acceptors (Lipinski definition) is 12. The fraction of sp³-hybridized carbons (Fsp3) is 0.552. The summed E-state index contributed by atoms with van der Waals surface area (Å²) in [5, 5.41) is 5.04. The number of hydrogen-bond donors (Lipinski definition) is 4. The molecule has 1 aromatic carbocycles. The first-order valence-corrected chi connectivity index (χ1v) is 16.5. The van der Waals surface area contributed by atoms with Gasteiger partial charge < -0.3 is 29.8 Å². The summed E-state index contributed by atoms with van der Waals surface area (Å²) in [6, 6.07) is 5.68. The monoisotopic (exact) mass is 685 g/mol. The largest absolute Gasteiger partial charge is 0.462 e. The van der Waals surface area contributed by atoms with Gasteiger partial charge in [0.25, 0.3) is 5.56 Å². The molecule has 5 N–H and O–H groups in total. The molecular formula is C29H41FN5O11P. The van der Waals surface area contributed by atoms with Gasteiger partial charge in [-0.15, -0.1) is 0 Å². The summed E-state index contributed by atoms with van der Waals surface area (Å²) in [5.41, 5.74) is 3.16. The lowest BCUT2D eigenvalue weighted by atomic mass is 10.0. The van der Waals surface area contributed by atoms with Gasteiger partial charge in [-0.3, -0.25) is 28.5 Å². The number of amides is 1. The Morgan fingerprint density at radius 3 is 2.43 bits per heavy atom. The van der Waals surface area contributed by atoms with Gasteiger partial charge in [0, 0.05) is 6.42 Å². The number of H-pyrrole nitrogens is 1. The van der Waals surface area contributed by atoms with E-state index >= 15 is 0 Å². The minimum Gasteiger partial charge on any atom is -0.462 e. The highest BCUT2D eigenvalue weighted by Crippen LogP contribution is 2.46. The van der Waals surface area contributed by atoms with Crippen molar-refractivity contribution in [3.8, 4) is 5.75 Å². The molecule has 47 heavy (non-hydrogen) atoms. The number of aromatic nitrogens is 2. The molecule has 3 rings (SSSR count). The van der Waals surface area contributed by atoms with Crippen LogP contribution in [0.25, 0.3) is 0 Å². The third-order valence-electron chi connectivity index (χ3n) is 6.63. The van der Waals surface area contributed by atoms with E-state index in [-0.39, 0.29) is 31.1 Å². The Morgan fingerprint density at radius 1 is 1.13 bits per heavy atom. The quantitative estimate of drug-likeness (QED) is 0.146. The van der Waals surface area contributed by atoms with Crippen LogP contribution in [0, 0.1) is 11.7 Å². The zero-order chi connectivity index (χ0) is 34.9. The van der Waals surface area contributed by atoms with Gasteiger partial charge in [0.1, 0.15) is 36.3 Å². The first-order valence-electron chi connectivity index (χ1n) is 14.9. The zero-order valence-corrected chi connectivity index (χ0v) is 27.6. The molecular weight excluding hydrogens is 644 g/mol. The molecule has 1 fully saturated rings. The highest BCUT2D eigenvalue weighted by molar-refractivity contribution is 7.52. The first kappa shape index (κ1) is 37.6. The smallest absolute Gasteiger partial charge is 0.459 e. The van der Waals surface area contributed by atoms with Crippen molar-refractivity contribution in [2.45, 2.75) is 84.1 Å². The van der Waals surface area contributed by atoms with Gasteiger partial charge in [0.15, 0.2) is 0 Å². The van der Waals surface area contributed by atoms with Crippen LogP contribution in [0.5, 0.6) is 5.75 Å². The second-order valence-corrected chi connectivity index (χ2v) is 13.2. The maximum atomic E-state index is 14.2. The number of esters is 2. The van der Waals surface area contributed by atoms with E-state index in [2.05, 4.69) is 10.4 Å². The van der Waals surface area contributed by atoms with E-state index in [1.807, 2.05) is 18.8 Å². The predicted molar refractivity (Wildman–Crippen MR) is 165 cm³/mol. The average Bonchev–Trinajstić information content (AvgIpc) is 3.39. The lowest BCUT2D eigenvalue weighted by Gasteiger charge is -2.26. The molecule has 6 atom stereocenters. The van der Waals surface area contributed by atoms with Crippen LogP contribution < -0.4 is 31.9 Å². The van der Waals surface area contributed by atoms with Crippen molar-refractivity contribution < 1.29 is 46.6 Å². The summed E-state index contributed by atoms with van der Waals surface area (Å²) in [6.45, 7) is 7.36. The minimum atomic E-state index is -4.40. The van der Waals surface area contributed by atoms with E-state index in [9.17, 15) is 32.9 Å². The molecule has 1 aliphatic rings. The number of rotatable bonds is 16. The van der Waals surface area contributed by atoms with Crippen LogP contribution in [0.2, 0.25) is 0 Å². The van der Waals surface area contributed by atoms with Crippen LogP contribution in [0.3, 0.4) is 0 Å². The molecule has 260 valence electrons. The second kappa shape index (κ2) is 16.8. The van der Waals surface area contributed by atoms with Gasteiger partial charge >= 0.3 is 25.4 Å². The number of carbonyl (C=O) groups is 3. The minimum absolute atomic E-state index is 0.0449. The zero-order valence-electron chi connectivity index (χ0n) is 26.7. The molecule has 0 spiro atoms. The number of aromatic amines is 1. The summed E-state index contributed by atoms with van der Waals surface area (Å²) in [6.07, 6.45) is -3.58. The fourth-order valence-electron chi connectivity index (χ4n) is 4.50. The lowest BCUT2D eigenvalue weighted by molar-refractivity contribution is -0.157. The second-order valence-electron chi connectivity index (χ2n) is 11.5. The number of para-hydroxylation sites is 1. The molecule has 1 aromatic heterocycles. The van der Waals surface area contributed by atoms with Crippen LogP contribution >= 0.6 is 7.75 Å². The molecule has 0 aliphatic carbocycles. The van der Waals surface area contributed by atoms with Crippen molar-refractivity contribution in [1.29, 1.82) is 0 Å². The molecule has 0 unspecified atom stereocenters. The standard InChI is InChI=1S/C29H41FN5O11P/c1-16(2)11-21(32-24(36)13-31)28(39)45-22-12-25(35-14-20(30)26(37)33-29(35)40)44-23(22)15-42-47(41,46-19-9-7-6-8-10-19)34-18(5)27(38)43-17(3)4/h6-10,14,16-18,21-23,25H,11-13,15,31H2,1-5H3,(H,32,36)(H,34,41)(H,33,37,40)/t18-,21-,22-,23+,25+,47-/m0/s1. The highest BCUT2D eigenvalue weighted by atomic mass is 31.2. The lowest BCUT2D eigenvalue weighted by Crippen LogP contribution is -2.47. The maximum Gasteiger partial charge on any atom is 0.459 e. The number of carbonyl (C=O) groups excluding carboxylic acids is 3. The Labute approximate surface area is 270 Å². The van der Waals surface area contributed by atoms with Crippen molar-refractivity contribution in [3.63, 3.8) is 0 Å². The summed E-state index contributed by atoms with van der Waals surface area (Å²) in [7, 11) is -4.40. The molecule has 2 aromatic rings. The van der Waals surface area contributed by atoms with E-state index < -0.39 is 85.9 Å².